The first-order chi connectivity index (χ1) is 15.1. The van der Waals surface area contributed by atoms with Gasteiger partial charge in [-0.05, 0) is 44.0 Å². The third kappa shape index (κ3) is 7.25. The normalized spacial score (nSPS) is 16.9. The molecule has 1 saturated heterocycles. The predicted molar refractivity (Wildman–Crippen MR) is 129 cm³/mol. The average Bonchev–Trinajstić information content (AvgIpc) is 3.44. The van der Waals surface area contributed by atoms with Crippen LogP contribution in [0.1, 0.15) is 84.0 Å². The van der Waals surface area contributed by atoms with Gasteiger partial charge in [-0.3, -0.25) is 0 Å². The number of hydrogen-bond donors (Lipinski definition) is 1. The number of nitrogens with one attached hydrogen (secondary N) is 1. The molecule has 1 N–H and O–H groups in total. The van der Waals surface area contributed by atoms with Crippen LogP contribution in [0.15, 0.2) is 30.5 Å². The van der Waals surface area contributed by atoms with Crippen LogP contribution in [0.25, 0.3) is 10.9 Å². The van der Waals surface area contributed by atoms with E-state index in [2.05, 4.69) is 12.2 Å². The van der Waals surface area contributed by atoms with Crippen LogP contribution in [0.5, 0.6) is 5.75 Å². The van der Waals surface area contributed by atoms with Gasteiger partial charge in [0.25, 0.3) is 0 Å². The molecule has 0 saturated carbocycles. The van der Waals surface area contributed by atoms with Gasteiger partial charge in [-0.2, -0.15) is 0 Å². The van der Waals surface area contributed by atoms with Crippen LogP contribution in [-0.4, -0.2) is 37.3 Å². The summed E-state index contributed by atoms with van der Waals surface area (Å²) in [6.07, 6.45) is 16.0. The summed E-state index contributed by atoms with van der Waals surface area (Å²) >= 11 is 0. The Hall–Kier alpha value is -1.53. The average molecular weight is 449 g/mol. The van der Waals surface area contributed by atoms with Crippen LogP contribution < -0.4 is 10.1 Å². The summed E-state index contributed by atoms with van der Waals surface area (Å²) in [6, 6.07) is 7.93. The minimum Gasteiger partial charge on any atom is -0.491 e. The van der Waals surface area contributed by atoms with Gasteiger partial charge in [0.1, 0.15) is 12.4 Å². The number of ether oxygens (including phenoxy) is 1. The number of fused-ring (bicyclic) bond motifs is 1. The van der Waals surface area contributed by atoms with Crippen LogP contribution in [0.4, 0.5) is 0 Å². The lowest BCUT2D eigenvalue weighted by molar-refractivity contribution is 0.280. The van der Waals surface area contributed by atoms with Crippen LogP contribution in [0.3, 0.4) is 0 Å². The van der Waals surface area contributed by atoms with Crippen LogP contribution in [-0.2, 0) is 10.0 Å². The SMILES string of the molecule is CCCCCCCCCCCCS(=O)(=O)n1ccc2c(OC[C@@H]3CCCN3)cccc21. The second-order valence-corrected chi connectivity index (χ2v) is 10.9. The maximum Gasteiger partial charge on any atom is 0.238 e. The zero-order valence-corrected chi connectivity index (χ0v) is 20.0. The van der Waals surface area contributed by atoms with Gasteiger partial charge in [-0.25, -0.2) is 12.4 Å². The van der Waals surface area contributed by atoms with E-state index < -0.39 is 10.0 Å². The second-order valence-electron chi connectivity index (χ2n) is 8.90. The van der Waals surface area contributed by atoms with Gasteiger partial charge in [0.05, 0.1) is 11.3 Å². The molecule has 0 spiro atoms. The van der Waals surface area contributed by atoms with E-state index in [1.54, 1.807) is 6.20 Å². The molecule has 0 aliphatic carbocycles. The van der Waals surface area contributed by atoms with Gasteiger partial charge < -0.3 is 10.1 Å². The van der Waals surface area contributed by atoms with Gasteiger partial charge in [-0.1, -0.05) is 70.8 Å². The lowest BCUT2D eigenvalue weighted by Gasteiger charge is -2.13. The molecule has 5 nitrogen and oxygen atoms in total. The van der Waals surface area contributed by atoms with Gasteiger partial charge >= 0.3 is 0 Å². The van der Waals surface area contributed by atoms with E-state index in [9.17, 15) is 8.42 Å². The first-order valence-corrected chi connectivity index (χ1v) is 13.9. The molecular formula is C25H40N2O3S. The second kappa shape index (κ2) is 12.5. The molecule has 1 aliphatic heterocycles. The first kappa shape index (κ1) is 24.1. The minimum absolute atomic E-state index is 0.199. The van der Waals surface area contributed by atoms with Crippen LogP contribution in [0.2, 0.25) is 0 Å². The molecule has 2 aromatic rings. The molecule has 0 radical (unpaired) electrons. The number of benzene rings is 1. The minimum atomic E-state index is -3.35. The Morgan fingerprint density at radius 3 is 2.39 bits per heavy atom. The van der Waals surface area contributed by atoms with Crippen molar-refractivity contribution in [1.29, 1.82) is 0 Å². The molecule has 2 heterocycles. The fraction of sp³-hybridized carbons (Fsp3) is 0.680. The van der Waals surface area contributed by atoms with E-state index >= 15 is 0 Å². The zero-order chi connectivity index (χ0) is 21.9. The molecule has 31 heavy (non-hydrogen) atoms. The summed E-state index contributed by atoms with van der Waals surface area (Å²) in [5.74, 6) is 0.962. The van der Waals surface area contributed by atoms with Gasteiger partial charge in [-0.15, -0.1) is 0 Å². The summed E-state index contributed by atoms with van der Waals surface area (Å²) in [6.45, 7) is 3.91. The van der Waals surface area contributed by atoms with E-state index in [0.717, 1.165) is 43.4 Å². The van der Waals surface area contributed by atoms with Crippen molar-refractivity contribution in [2.24, 2.45) is 0 Å². The molecule has 1 fully saturated rings. The molecule has 1 aliphatic rings. The van der Waals surface area contributed by atoms with E-state index in [1.165, 1.54) is 55.3 Å². The lowest BCUT2D eigenvalue weighted by atomic mass is 10.1. The monoisotopic (exact) mass is 448 g/mol. The highest BCUT2D eigenvalue weighted by molar-refractivity contribution is 7.90. The van der Waals surface area contributed by atoms with Gasteiger partial charge in [0.15, 0.2) is 0 Å². The van der Waals surface area contributed by atoms with Gasteiger partial charge in [0.2, 0.25) is 10.0 Å². The van der Waals surface area contributed by atoms with Crippen molar-refractivity contribution in [2.75, 3.05) is 18.9 Å². The maximum atomic E-state index is 12.9. The van der Waals surface area contributed by atoms with E-state index in [4.69, 9.17) is 4.74 Å². The van der Waals surface area contributed by atoms with Crippen LogP contribution >= 0.6 is 0 Å². The molecule has 1 aromatic heterocycles. The molecule has 0 unspecified atom stereocenters. The summed E-state index contributed by atoms with van der Waals surface area (Å²) in [5.41, 5.74) is 0.712. The summed E-state index contributed by atoms with van der Waals surface area (Å²) in [5, 5.41) is 4.30. The number of nitrogens with zero attached hydrogens (tertiary/aromatic N) is 1. The lowest BCUT2D eigenvalue weighted by Crippen LogP contribution is -2.28. The molecule has 0 bridgehead atoms. The Kier molecular flexibility index (Phi) is 9.72. The molecule has 1 atom stereocenters. The Balaban J connectivity index is 1.46. The highest BCUT2D eigenvalue weighted by Crippen LogP contribution is 2.28. The third-order valence-corrected chi connectivity index (χ3v) is 8.04. The Bertz CT molecular complexity index is 885. The topological polar surface area (TPSA) is 60.3 Å². The highest BCUT2D eigenvalue weighted by atomic mass is 32.2. The highest BCUT2D eigenvalue weighted by Gasteiger charge is 2.19. The third-order valence-electron chi connectivity index (χ3n) is 6.32. The van der Waals surface area contributed by atoms with Crippen LogP contribution in [0, 0.1) is 0 Å². The van der Waals surface area contributed by atoms with Crippen molar-refractivity contribution in [2.45, 2.75) is 90.0 Å². The largest absolute Gasteiger partial charge is 0.491 e. The molecule has 174 valence electrons. The zero-order valence-electron chi connectivity index (χ0n) is 19.2. The van der Waals surface area contributed by atoms with E-state index in [0.29, 0.717) is 18.2 Å². The molecule has 6 heteroatoms. The van der Waals surface area contributed by atoms with E-state index in [-0.39, 0.29) is 5.75 Å². The number of hydrogen-bond acceptors (Lipinski definition) is 4. The molecule has 3 rings (SSSR count). The van der Waals surface area contributed by atoms with Crippen molar-refractivity contribution in [3.63, 3.8) is 0 Å². The molecule has 1 aromatic carbocycles. The Labute approximate surface area is 188 Å². The molecule has 0 amide bonds. The first-order valence-electron chi connectivity index (χ1n) is 12.3. The van der Waals surface area contributed by atoms with Crippen molar-refractivity contribution in [3.05, 3.63) is 30.5 Å². The Morgan fingerprint density at radius 1 is 1.00 bits per heavy atom. The quantitative estimate of drug-likeness (QED) is 0.346. The van der Waals surface area contributed by atoms with Gasteiger partial charge in [0, 0.05) is 17.6 Å². The predicted octanol–water partition coefficient (Wildman–Crippen LogP) is 5.87. The molecular weight excluding hydrogens is 408 g/mol. The number of unbranched alkanes of at least 4 members (excludes halogenated alkanes) is 9. The van der Waals surface area contributed by atoms with Crippen molar-refractivity contribution >= 4 is 20.9 Å². The summed E-state index contributed by atoms with van der Waals surface area (Å²) in [7, 11) is -3.35. The fourth-order valence-electron chi connectivity index (χ4n) is 4.44. The van der Waals surface area contributed by atoms with Crippen molar-refractivity contribution in [3.8, 4) is 5.75 Å². The van der Waals surface area contributed by atoms with Crippen molar-refractivity contribution in [1.82, 2.24) is 9.29 Å². The Morgan fingerprint density at radius 2 is 1.71 bits per heavy atom. The number of rotatable bonds is 15. The summed E-state index contributed by atoms with van der Waals surface area (Å²) < 4.78 is 33.3. The van der Waals surface area contributed by atoms with Crippen molar-refractivity contribution < 1.29 is 13.2 Å². The summed E-state index contributed by atoms with van der Waals surface area (Å²) in [4.78, 5) is 0. The smallest absolute Gasteiger partial charge is 0.238 e. The van der Waals surface area contributed by atoms with E-state index in [1.807, 2.05) is 24.3 Å². The number of aromatic nitrogens is 1. The standard InChI is InChI=1S/C25H40N2O3S/c1-2-3-4-5-6-7-8-9-10-11-20-31(28,29)27-19-17-23-24(27)15-12-16-25(23)30-21-22-14-13-18-26-22/h12,15-17,19,22,26H,2-11,13-14,18,20-21H2,1H3/t22-/m0/s1. The fourth-order valence-corrected chi connectivity index (χ4v) is 5.91. The maximum absolute atomic E-state index is 12.9.